The highest BCUT2D eigenvalue weighted by molar-refractivity contribution is 5.61. The summed E-state index contributed by atoms with van der Waals surface area (Å²) in [6.07, 6.45) is 4.78. The van der Waals surface area contributed by atoms with Crippen LogP contribution in [0.5, 0.6) is 0 Å². The monoisotopic (exact) mass is 257 g/mol. The van der Waals surface area contributed by atoms with Crippen LogP contribution in [0.4, 0.5) is 5.69 Å². The molecule has 0 saturated heterocycles. The average Bonchev–Trinajstić information content (AvgIpc) is 2.88. The number of benzene rings is 1. The van der Waals surface area contributed by atoms with Crippen molar-refractivity contribution in [2.45, 2.75) is 32.6 Å². The second-order valence-electron chi connectivity index (χ2n) is 5.16. The van der Waals surface area contributed by atoms with E-state index in [-0.39, 0.29) is 0 Å². The highest BCUT2D eigenvalue weighted by Gasteiger charge is 2.05. The topological polar surface area (TPSA) is 16.4 Å². The van der Waals surface area contributed by atoms with Crippen LogP contribution in [0.2, 0.25) is 0 Å². The molecule has 1 heterocycles. The number of furan rings is 1. The van der Waals surface area contributed by atoms with Crippen molar-refractivity contribution < 1.29 is 4.42 Å². The number of unbranched alkanes of at least 4 members (excludes halogenated alkanes) is 2. The van der Waals surface area contributed by atoms with E-state index in [1.165, 1.54) is 24.9 Å². The van der Waals surface area contributed by atoms with Gasteiger partial charge in [0.15, 0.2) is 0 Å². The highest BCUT2D eigenvalue weighted by Crippen LogP contribution is 2.25. The molecule has 0 radical (unpaired) electrons. The Morgan fingerprint density at radius 1 is 0.947 bits per heavy atom. The standard InChI is InChI=1S/C17H23NO/c1-4-5-6-7-16-12-13-17(19-16)14-8-10-15(11-9-14)18(2)3/h8-13H,4-7H2,1-3H3. The minimum atomic E-state index is 0.969. The molecule has 0 aliphatic heterocycles. The normalized spacial score (nSPS) is 10.7. The molecule has 1 aromatic carbocycles. The molecule has 1 aromatic heterocycles. The molecule has 2 heteroatoms. The van der Waals surface area contributed by atoms with Gasteiger partial charge in [-0.05, 0) is 42.8 Å². The lowest BCUT2D eigenvalue weighted by atomic mass is 10.1. The summed E-state index contributed by atoms with van der Waals surface area (Å²) in [5.41, 5.74) is 2.35. The van der Waals surface area contributed by atoms with Gasteiger partial charge < -0.3 is 9.32 Å². The number of hydrogen-bond donors (Lipinski definition) is 0. The van der Waals surface area contributed by atoms with Crippen molar-refractivity contribution in [2.24, 2.45) is 0 Å². The fourth-order valence-corrected chi connectivity index (χ4v) is 2.14. The van der Waals surface area contributed by atoms with Gasteiger partial charge in [-0.15, -0.1) is 0 Å². The molecule has 19 heavy (non-hydrogen) atoms. The molecule has 0 fully saturated rings. The first kappa shape index (κ1) is 13.7. The summed E-state index contributed by atoms with van der Waals surface area (Å²) in [6, 6.07) is 12.6. The van der Waals surface area contributed by atoms with Crippen LogP contribution in [0.15, 0.2) is 40.8 Å². The smallest absolute Gasteiger partial charge is 0.134 e. The molecule has 2 rings (SSSR count). The molecule has 0 unspecified atom stereocenters. The predicted octanol–water partition coefficient (Wildman–Crippen LogP) is 4.75. The van der Waals surface area contributed by atoms with Gasteiger partial charge >= 0.3 is 0 Å². The molecule has 0 saturated carbocycles. The SMILES string of the molecule is CCCCCc1ccc(-c2ccc(N(C)C)cc2)o1. The van der Waals surface area contributed by atoms with Gasteiger partial charge in [0.25, 0.3) is 0 Å². The summed E-state index contributed by atoms with van der Waals surface area (Å²) in [5.74, 6) is 2.07. The first-order valence-corrected chi connectivity index (χ1v) is 7.07. The highest BCUT2D eigenvalue weighted by atomic mass is 16.3. The number of rotatable bonds is 6. The lowest BCUT2D eigenvalue weighted by Crippen LogP contribution is -2.07. The van der Waals surface area contributed by atoms with Gasteiger partial charge in [0.1, 0.15) is 11.5 Å². The van der Waals surface area contributed by atoms with Gasteiger partial charge in [0.2, 0.25) is 0 Å². The fraction of sp³-hybridized carbons (Fsp3) is 0.412. The zero-order chi connectivity index (χ0) is 13.7. The van der Waals surface area contributed by atoms with E-state index in [2.05, 4.69) is 48.2 Å². The van der Waals surface area contributed by atoms with E-state index in [9.17, 15) is 0 Å². The van der Waals surface area contributed by atoms with Crippen molar-refractivity contribution >= 4 is 5.69 Å². The van der Waals surface area contributed by atoms with E-state index in [1.54, 1.807) is 0 Å². The van der Waals surface area contributed by atoms with E-state index in [0.717, 1.165) is 23.5 Å². The van der Waals surface area contributed by atoms with Crippen LogP contribution in [0.25, 0.3) is 11.3 Å². The summed E-state index contributed by atoms with van der Waals surface area (Å²) in [4.78, 5) is 2.10. The Kier molecular flexibility index (Phi) is 4.67. The Balaban J connectivity index is 2.05. The van der Waals surface area contributed by atoms with E-state index in [4.69, 9.17) is 4.42 Å². The van der Waals surface area contributed by atoms with Crippen molar-refractivity contribution in [2.75, 3.05) is 19.0 Å². The van der Waals surface area contributed by atoms with Gasteiger partial charge in [-0.3, -0.25) is 0 Å². The van der Waals surface area contributed by atoms with Crippen molar-refractivity contribution in [3.05, 3.63) is 42.2 Å². The third-order valence-corrected chi connectivity index (χ3v) is 3.36. The quantitative estimate of drug-likeness (QED) is 0.695. The number of anilines is 1. The van der Waals surface area contributed by atoms with Crippen LogP contribution in [-0.2, 0) is 6.42 Å². The van der Waals surface area contributed by atoms with Crippen molar-refractivity contribution in [1.29, 1.82) is 0 Å². The van der Waals surface area contributed by atoms with Gasteiger partial charge in [-0.2, -0.15) is 0 Å². The van der Waals surface area contributed by atoms with Gasteiger partial charge in [-0.25, -0.2) is 0 Å². The molecule has 0 aliphatic rings. The minimum Gasteiger partial charge on any atom is -0.461 e. The van der Waals surface area contributed by atoms with E-state index in [0.29, 0.717) is 0 Å². The molecular formula is C17H23NO. The van der Waals surface area contributed by atoms with Crippen molar-refractivity contribution in [3.8, 4) is 11.3 Å². The number of aryl methyl sites for hydroxylation is 1. The molecule has 0 atom stereocenters. The largest absolute Gasteiger partial charge is 0.461 e. The molecule has 2 nitrogen and oxygen atoms in total. The summed E-state index contributed by atoms with van der Waals surface area (Å²) in [7, 11) is 4.10. The van der Waals surface area contributed by atoms with Gasteiger partial charge in [-0.1, -0.05) is 19.8 Å². The zero-order valence-corrected chi connectivity index (χ0v) is 12.1. The Labute approximate surface area is 116 Å². The summed E-state index contributed by atoms with van der Waals surface area (Å²) >= 11 is 0. The number of nitrogens with zero attached hydrogens (tertiary/aromatic N) is 1. The van der Waals surface area contributed by atoms with Crippen LogP contribution in [0, 0.1) is 0 Å². The first-order chi connectivity index (χ1) is 9.20. The fourth-order valence-electron chi connectivity index (χ4n) is 2.14. The minimum absolute atomic E-state index is 0.969. The summed E-state index contributed by atoms with van der Waals surface area (Å²) in [5, 5.41) is 0. The lowest BCUT2D eigenvalue weighted by Gasteiger charge is -2.12. The Morgan fingerprint density at radius 2 is 1.68 bits per heavy atom. The molecule has 102 valence electrons. The zero-order valence-electron chi connectivity index (χ0n) is 12.1. The molecular weight excluding hydrogens is 234 g/mol. The molecule has 2 aromatic rings. The maximum absolute atomic E-state index is 5.90. The second-order valence-corrected chi connectivity index (χ2v) is 5.16. The van der Waals surface area contributed by atoms with E-state index < -0.39 is 0 Å². The molecule has 0 N–H and O–H groups in total. The maximum Gasteiger partial charge on any atom is 0.134 e. The molecule has 0 amide bonds. The summed E-state index contributed by atoms with van der Waals surface area (Å²) in [6.45, 7) is 2.22. The van der Waals surface area contributed by atoms with Gasteiger partial charge in [0.05, 0.1) is 0 Å². The average molecular weight is 257 g/mol. The van der Waals surface area contributed by atoms with Crippen molar-refractivity contribution in [3.63, 3.8) is 0 Å². The lowest BCUT2D eigenvalue weighted by molar-refractivity contribution is 0.508. The Hall–Kier alpha value is -1.70. The molecule has 0 aliphatic carbocycles. The van der Waals surface area contributed by atoms with Crippen LogP contribution in [0.3, 0.4) is 0 Å². The first-order valence-electron chi connectivity index (χ1n) is 7.07. The van der Waals surface area contributed by atoms with Crippen molar-refractivity contribution in [1.82, 2.24) is 0 Å². The van der Waals surface area contributed by atoms with Gasteiger partial charge in [0, 0.05) is 31.8 Å². The molecule has 0 bridgehead atoms. The van der Waals surface area contributed by atoms with E-state index in [1.807, 2.05) is 14.1 Å². The van der Waals surface area contributed by atoms with E-state index >= 15 is 0 Å². The predicted molar refractivity (Wildman–Crippen MR) is 81.7 cm³/mol. The van der Waals surface area contributed by atoms with Crippen LogP contribution < -0.4 is 4.90 Å². The maximum atomic E-state index is 5.90. The van der Waals surface area contributed by atoms with Crippen LogP contribution in [-0.4, -0.2) is 14.1 Å². The number of hydrogen-bond acceptors (Lipinski definition) is 2. The third kappa shape index (κ3) is 3.63. The molecule has 0 spiro atoms. The Bertz CT molecular complexity index is 496. The summed E-state index contributed by atoms with van der Waals surface area (Å²) < 4.78 is 5.90. The Morgan fingerprint density at radius 3 is 2.32 bits per heavy atom. The third-order valence-electron chi connectivity index (χ3n) is 3.36. The van der Waals surface area contributed by atoms with Crippen LogP contribution >= 0.6 is 0 Å². The van der Waals surface area contributed by atoms with Crippen LogP contribution in [0.1, 0.15) is 31.9 Å². The second kappa shape index (κ2) is 6.46.